The molecule has 94 valence electrons. The van der Waals surface area contributed by atoms with Gasteiger partial charge in [0.15, 0.2) is 0 Å². The monoisotopic (exact) mass is 259 g/mol. The van der Waals surface area contributed by atoms with Crippen LogP contribution < -0.4 is 5.32 Å². The summed E-state index contributed by atoms with van der Waals surface area (Å²) in [5.74, 6) is 1.29. The Morgan fingerprint density at radius 3 is 3.11 bits per heavy atom. The van der Waals surface area contributed by atoms with E-state index >= 15 is 0 Å². The Morgan fingerprint density at radius 1 is 1.33 bits per heavy atom. The van der Waals surface area contributed by atoms with Crippen LogP contribution in [-0.2, 0) is 18.4 Å². The van der Waals surface area contributed by atoms with Crippen molar-refractivity contribution in [3.63, 3.8) is 0 Å². The zero-order chi connectivity index (χ0) is 12.0. The molecule has 0 unspecified atom stereocenters. The number of aromatic nitrogens is 2. The Bertz CT molecular complexity index is 519. The van der Waals surface area contributed by atoms with Crippen LogP contribution >= 0.6 is 11.3 Å². The molecule has 2 aromatic rings. The first-order valence-electron chi connectivity index (χ1n) is 6.69. The van der Waals surface area contributed by atoms with Crippen LogP contribution in [0.4, 0.5) is 0 Å². The molecular weight excluding hydrogens is 242 g/mol. The number of thiophene rings is 1. The van der Waals surface area contributed by atoms with Crippen molar-refractivity contribution in [3.05, 3.63) is 40.1 Å². The van der Waals surface area contributed by atoms with Crippen molar-refractivity contribution in [2.75, 3.05) is 13.1 Å². The number of nitrogens with one attached hydrogen (secondary N) is 1. The zero-order valence-electron chi connectivity index (χ0n) is 10.4. The van der Waals surface area contributed by atoms with Crippen LogP contribution in [0.25, 0.3) is 0 Å². The minimum atomic E-state index is 0.167. The summed E-state index contributed by atoms with van der Waals surface area (Å²) in [6.45, 7) is 3.28. The molecule has 2 aliphatic heterocycles. The maximum absolute atomic E-state index is 4.71. The van der Waals surface area contributed by atoms with Crippen molar-refractivity contribution in [2.24, 2.45) is 0 Å². The Hall–Kier alpha value is -1.13. The van der Waals surface area contributed by atoms with E-state index in [2.05, 4.69) is 27.5 Å². The Morgan fingerprint density at radius 2 is 2.22 bits per heavy atom. The van der Waals surface area contributed by atoms with E-state index in [1.54, 1.807) is 10.4 Å². The number of nitrogens with zero attached hydrogens (tertiary/aromatic N) is 2. The standard InChI is InChI=1S/C14H17N3S/c1-8-17-9-7-16-13(17)14(3-5-15-6-4-14)11-2-10-18-12(1)11/h2,7,9-10,15H,1,3-6,8H2. The van der Waals surface area contributed by atoms with Gasteiger partial charge >= 0.3 is 0 Å². The summed E-state index contributed by atoms with van der Waals surface area (Å²) in [4.78, 5) is 6.28. The van der Waals surface area contributed by atoms with E-state index in [9.17, 15) is 0 Å². The van der Waals surface area contributed by atoms with E-state index in [0.29, 0.717) is 0 Å². The highest BCUT2D eigenvalue weighted by Crippen LogP contribution is 2.44. The van der Waals surface area contributed by atoms with E-state index in [1.165, 1.54) is 18.7 Å². The molecule has 0 amide bonds. The van der Waals surface area contributed by atoms with Gasteiger partial charge in [-0.05, 0) is 42.9 Å². The molecule has 1 saturated heterocycles. The lowest BCUT2D eigenvalue weighted by atomic mass is 9.72. The van der Waals surface area contributed by atoms with Crippen LogP contribution in [0.5, 0.6) is 0 Å². The molecule has 1 fully saturated rings. The molecule has 1 N–H and O–H groups in total. The molecule has 0 bridgehead atoms. The second-order valence-electron chi connectivity index (χ2n) is 5.28. The number of imidazole rings is 1. The predicted molar refractivity (Wildman–Crippen MR) is 73.1 cm³/mol. The fraction of sp³-hybridized carbons (Fsp3) is 0.500. The lowest BCUT2D eigenvalue weighted by Gasteiger charge is -2.36. The zero-order valence-corrected chi connectivity index (χ0v) is 11.2. The van der Waals surface area contributed by atoms with Crippen molar-refractivity contribution in [2.45, 2.75) is 31.2 Å². The van der Waals surface area contributed by atoms with Gasteiger partial charge in [-0.25, -0.2) is 4.98 Å². The summed E-state index contributed by atoms with van der Waals surface area (Å²) in [6.07, 6.45) is 7.62. The molecule has 18 heavy (non-hydrogen) atoms. The van der Waals surface area contributed by atoms with Gasteiger partial charge in [-0.1, -0.05) is 0 Å². The molecule has 3 nitrogen and oxygen atoms in total. The minimum Gasteiger partial charge on any atom is -0.334 e. The van der Waals surface area contributed by atoms with Crippen LogP contribution in [0.3, 0.4) is 0 Å². The average molecular weight is 259 g/mol. The fourth-order valence-electron chi connectivity index (χ4n) is 3.56. The van der Waals surface area contributed by atoms with Gasteiger partial charge in [0.25, 0.3) is 0 Å². The van der Waals surface area contributed by atoms with Gasteiger partial charge in [0.2, 0.25) is 0 Å². The van der Waals surface area contributed by atoms with Crippen molar-refractivity contribution in [1.82, 2.24) is 14.9 Å². The number of hydrogen-bond donors (Lipinski definition) is 1. The molecule has 4 heterocycles. The normalized spacial score (nSPS) is 21.3. The maximum Gasteiger partial charge on any atom is 0.119 e. The summed E-state index contributed by atoms with van der Waals surface area (Å²) in [7, 11) is 0. The Kier molecular flexibility index (Phi) is 2.35. The third kappa shape index (κ3) is 1.36. The highest BCUT2D eigenvalue weighted by Gasteiger charge is 2.42. The predicted octanol–water partition coefficient (Wildman–Crippen LogP) is 2.17. The SMILES string of the molecule is c1cn2c(n1)C1(CCNCC1)c1ccsc1CC2. The highest BCUT2D eigenvalue weighted by molar-refractivity contribution is 7.10. The Labute approximate surface area is 111 Å². The molecule has 0 saturated carbocycles. The Balaban J connectivity index is 1.96. The third-order valence-corrected chi connectivity index (χ3v) is 5.42. The summed E-state index contributed by atoms with van der Waals surface area (Å²) >= 11 is 1.92. The maximum atomic E-state index is 4.71. The highest BCUT2D eigenvalue weighted by atomic mass is 32.1. The number of hydrogen-bond acceptors (Lipinski definition) is 3. The van der Waals surface area contributed by atoms with Crippen molar-refractivity contribution >= 4 is 11.3 Å². The molecule has 0 aliphatic carbocycles. The number of aryl methyl sites for hydroxylation is 2. The van der Waals surface area contributed by atoms with Crippen LogP contribution in [0.2, 0.25) is 0 Å². The molecule has 2 aliphatic rings. The third-order valence-electron chi connectivity index (χ3n) is 4.44. The second kappa shape index (κ2) is 3.93. The topological polar surface area (TPSA) is 29.9 Å². The molecule has 0 radical (unpaired) electrons. The minimum absolute atomic E-state index is 0.167. The molecular formula is C14H17N3S. The summed E-state index contributed by atoms with van der Waals surface area (Å²) < 4.78 is 2.37. The lowest BCUT2D eigenvalue weighted by molar-refractivity contribution is 0.340. The quantitative estimate of drug-likeness (QED) is 0.786. The molecule has 0 atom stereocenters. The van der Waals surface area contributed by atoms with Gasteiger partial charge in [-0.15, -0.1) is 11.3 Å². The van der Waals surface area contributed by atoms with Crippen LogP contribution in [0, 0.1) is 0 Å². The van der Waals surface area contributed by atoms with Gasteiger partial charge in [0, 0.05) is 30.2 Å². The molecule has 4 rings (SSSR count). The van der Waals surface area contributed by atoms with Gasteiger partial charge in [0.05, 0.1) is 5.41 Å². The first-order chi connectivity index (χ1) is 8.90. The molecule has 2 aromatic heterocycles. The summed E-state index contributed by atoms with van der Waals surface area (Å²) in [6, 6.07) is 2.34. The van der Waals surface area contributed by atoms with Crippen LogP contribution in [0.15, 0.2) is 23.8 Å². The van der Waals surface area contributed by atoms with E-state index < -0.39 is 0 Å². The van der Waals surface area contributed by atoms with Crippen molar-refractivity contribution < 1.29 is 0 Å². The van der Waals surface area contributed by atoms with Crippen molar-refractivity contribution in [3.8, 4) is 0 Å². The van der Waals surface area contributed by atoms with E-state index in [-0.39, 0.29) is 5.41 Å². The number of rotatable bonds is 0. The molecule has 0 aromatic carbocycles. The first-order valence-corrected chi connectivity index (χ1v) is 7.57. The van der Waals surface area contributed by atoms with E-state index in [1.807, 2.05) is 17.5 Å². The van der Waals surface area contributed by atoms with Gasteiger partial charge < -0.3 is 9.88 Å². The largest absolute Gasteiger partial charge is 0.334 e. The van der Waals surface area contributed by atoms with Crippen LogP contribution in [0.1, 0.15) is 29.1 Å². The smallest absolute Gasteiger partial charge is 0.119 e. The number of piperidine rings is 1. The van der Waals surface area contributed by atoms with Crippen LogP contribution in [-0.4, -0.2) is 22.6 Å². The molecule has 4 heteroatoms. The first kappa shape index (κ1) is 10.8. The van der Waals surface area contributed by atoms with E-state index in [4.69, 9.17) is 4.98 Å². The van der Waals surface area contributed by atoms with Gasteiger partial charge in [0.1, 0.15) is 5.82 Å². The fourth-order valence-corrected chi connectivity index (χ4v) is 4.53. The summed E-state index contributed by atoms with van der Waals surface area (Å²) in [5.41, 5.74) is 1.72. The van der Waals surface area contributed by atoms with Gasteiger partial charge in [-0.3, -0.25) is 0 Å². The lowest BCUT2D eigenvalue weighted by Crippen LogP contribution is -2.42. The molecule has 1 spiro atoms. The summed E-state index contributed by atoms with van der Waals surface area (Å²) in [5, 5.41) is 5.75. The van der Waals surface area contributed by atoms with E-state index in [0.717, 1.165) is 26.1 Å². The van der Waals surface area contributed by atoms with Crippen molar-refractivity contribution in [1.29, 1.82) is 0 Å². The number of fused-ring (bicyclic) bond motifs is 4. The van der Waals surface area contributed by atoms with Gasteiger partial charge in [-0.2, -0.15) is 0 Å². The second-order valence-corrected chi connectivity index (χ2v) is 6.28. The average Bonchev–Trinajstić information content (AvgIpc) is 3.05.